The van der Waals surface area contributed by atoms with E-state index < -0.39 is 26.4 Å². The van der Waals surface area contributed by atoms with Gasteiger partial charge in [0, 0.05) is 0 Å². The third kappa shape index (κ3) is 3.87. The number of nitrogens with one attached hydrogen (secondary N) is 1. The lowest BCUT2D eigenvalue weighted by Gasteiger charge is -2.44. The molecule has 1 fully saturated rings. The average molecular weight is 350 g/mol. The summed E-state index contributed by atoms with van der Waals surface area (Å²) in [5, 5.41) is 2.71. The summed E-state index contributed by atoms with van der Waals surface area (Å²) in [5.41, 5.74) is 0.468. The molecule has 1 aromatic rings. The number of benzene rings is 1. The number of amides is 1. The third-order valence-corrected chi connectivity index (χ3v) is 9.52. The summed E-state index contributed by atoms with van der Waals surface area (Å²) in [7, 11) is -2.00. The van der Waals surface area contributed by atoms with Gasteiger partial charge >= 0.3 is 5.97 Å². The fourth-order valence-corrected chi connectivity index (χ4v) is 3.83. The van der Waals surface area contributed by atoms with E-state index in [0.29, 0.717) is 5.56 Å². The Morgan fingerprint density at radius 1 is 1.21 bits per heavy atom. The van der Waals surface area contributed by atoms with Crippen LogP contribution in [0, 0.1) is 5.92 Å². The highest BCUT2D eigenvalue weighted by Crippen LogP contribution is 2.39. The van der Waals surface area contributed by atoms with Crippen LogP contribution in [0.25, 0.3) is 0 Å². The monoisotopic (exact) mass is 349 g/mol. The van der Waals surface area contributed by atoms with Gasteiger partial charge in [-0.2, -0.15) is 0 Å². The van der Waals surface area contributed by atoms with Crippen molar-refractivity contribution in [3.05, 3.63) is 35.9 Å². The second-order valence-corrected chi connectivity index (χ2v) is 12.6. The summed E-state index contributed by atoms with van der Waals surface area (Å²) in [5.74, 6) is -1.04. The zero-order valence-corrected chi connectivity index (χ0v) is 16.3. The average Bonchev–Trinajstić information content (AvgIpc) is 2.45. The largest absolute Gasteiger partial charge is 0.437 e. The molecule has 0 saturated carbocycles. The minimum atomic E-state index is -2.00. The van der Waals surface area contributed by atoms with Crippen molar-refractivity contribution in [2.45, 2.75) is 58.2 Å². The maximum atomic E-state index is 12.2. The van der Waals surface area contributed by atoms with Crippen LogP contribution in [0.15, 0.2) is 30.3 Å². The molecule has 3 atom stereocenters. The van der Waals surface area contributed by atoms with Gasteiger partial charge in [-0.25, -0.2) is 4.79 Å². The Morgan fingerprint density at radius 3 is 2.29 bits per heavy atom. The molecule has 1 N–H and O–H groups in total. The van der Waals surface area contributed by atoms with Crippen molar-refractivity contribution in [1.29, 1.82) is 0 Å². The molecule has 0 bridgehead atoms. The SMILES string of the molecule is CC(O[Si](C)(C)C(C)(C)C)[C@H]1C(=O)N[C@@H]1OC(=O)c1ccccc1. The molecular weight excluding hydrogens is 322 g/mol. The number of ether oxygens (including phenoxy) is 1. The quantitative estimate of drug-likeness (QED) is 0.503. The van der Waals surface area contributed by atoms with Crippen LogP contribution in [0.2, 0.25) is 18.1 Å². The predicted octanol–water partition coefficient (Wildman–Crippen LogP) is 3.33. The zero-order chi connectivity index (χ0) is 18.1. The van der Waals surface area contributed by atoms with E-state index in [1.807, 2.05) is 13.0 Å². The van der Waals surface area contributed by atoms with Crippen LogP contribution in [0.4, 0.5) is 0 Å². The van der Waals surface area contributed by atoms with Gasteiger partial charge in [-0.15, -0.1) is 0 Å². The first-order valence-electron chi connectivity index (χ1n) is 8.27. The van der Waals surface area contributed by atoms with E-state index in [-0.39, 0.29) is 17.0 Å². The van der Waals surface area contributed by atoms with Crippen molar-refractivity contribution in [2.75, 3.05) is 0 Å². The standard InChI is InChI=1S/C18H27NO4Si/c1-12(23-24(5,6)18(2,3)4)14-15(20)19-16(14)22-17(21)13-10-8-7-9-11-13/h7-12,14,16H,1-6H3,(H,19,20)/t12?,14-,16+/m0/s1. The Balaban J connectivity index is 2.02. The summed E-state index contributed by atoms with van der Waals surface area (Å²) >= 11 is 0. The van der Waals surface area contributed by atoms with Crippen LogP contribution >= 0.6 is 0 Å². The van der Waals surface area contributed by atoms with Crippen molar-refractivity contribution in [1.82, 2.24) is 5.32 Å². The number of hydrogen-bond acceptors (Lipinski definition) is 4. The van der Waals surface area contributed by atoms with Gasteiger partial charge in [0.2, 0.25) is 5.91 Å². The van der Waals surface area contributed by atoms with Gasteiger partial charge in [0.15, 0.2) is 14.5 Å². The number of carbonyl (C=O) groups excluding carboxylic acids is 2. The molecule has 0 aromatic heterocycles. The molecule has 6 heteroatoms. The fourth-order valence-electron chi connectivity index (χ4n) is 2.40. The summed E-state index contributed by atoms with van der Waals surface area (Å²) in [6, 6.07) is 8.76. The van der Waals surface area contributed by atoms with E-state index in [4.69, 9.17) is 9.16 Å². The topological polar surface area (TPSA) is 64.6 Å². The van der Waals surface area contributed by atoms with E-state index in [1.165, 1.54) is 0 Å². The van der Waals surface area contributed by atoms with Crippen LogP contribution in [-0.2, 0) is 14.0 Å². The lowest BCUT2D eigenvalue weighted by Crippen LogP contribution is -2.65. The summed E-state index contributed by atoms with van der Waals surface area (Å²) in [6.45, 7) is 12.6. The van der Waals surface area contributed by atoms with E-state index in [2.05, 4.69) is 39.2 Å². The van der Waals surface area contributed by atoms with Crippen LogP contribution < -0.4 is 5.32 Å². The molecule has 1 saturated heterocycles. The van der Waals surface area contributed by atoms with Crippen molar-refractivity contribution in [2.24, 2.45) is 5.92 Å². The summed E-state index contributed by atoms with van der Waals surface area (Å²) < 4.78 is 11.7. The summed E-state index contributed by atoms with van der Waals surface area (Å²) in [6.07, 6.45) is -0.932. The number of rotatable bonds is 5. The van der Waals surface area contributed by atoms with Crippen LogP contribution in [-0.4, -0.2) is 32.5 Å². The second kappa shape index (κ2) is 6.68. The molecule has 24 heavy (non-hydrogen) atoms. The first kappa shape index (κ1) is 18.7. The smallest absolute Gasteiger partial charge is 0.340 e. The molecule has 0 aliphatic carbocycles. The third-order valence-electron chi connectivity index (χ3n) is 4.95. The minimum Gasteiger partial charge on any atom is -0.437 e. The van der Waals surface area contributed by atoms with Gasteiger partial charge in [0.1, 0.15) is 5.92 Å². The molecule has 0 spiro atoms. The van der Waals surface area contributed by atoms with Gasteiger partial charge < -0.3 is 14.5 Å². The molecule has 1 amide bonds. The van der Waals surface area contributed by atoms with Gasteiger partial charge in [-0.1, -0.05) is 39.0 Å². The molecule has 1 aliphatic rings. The van der Waals surface area contributed by atoms with Gasteiger partial charge in [0.25, 0.3) is 0 Å². The normalized spacial score (nSPS) is 22.3. The van der Waals surface area contributed by atoms with Crippen molar-refractivity contribution < 1.29 is 18.8 Å². The number of esters is 1. The fraction of sp³-hybridized carbons (Fsp3) is 0.556. The van der Waals surface area contributed by atoms with Crippen molar-refractivity contribution in [3.63, 3.8) is 0 Å². The number of β-lactam (4-membered cyclic amide) rings is 1. The summed E-state index contributed by atoms with van der Waals surface area (Å²) in [4.78, 5) is 24.1. The molecular formula is C18H27NO4Si. The number of carbonyl (C=O) groups is 2. The van der Waals surface area contributed by atoms with Gasteiger partial charge in [0.05, 0.1) is 11.7 Å². The van der Waals surface area contributed by atoms with Crippen molar-refractivity contribution in [3.8, 4) is 0 Å². The highest BCUT2D eigenvalue weighted by molar-refractivity contribution is 6.74. The maximum Gasteiger partial charge on any atom is 0.340 e. The minimum absolute atomic E-state index is 0.0533. The van der Waals surface area contributed by atoms with Gasteiger partial charge in [-0.05, 0) is 37.2 Å². The van der Waals surface area contributed by atoms with Gasteiger partial charge in [-0.3, -0.25) is 4.79 Å². The lowest BCUT2D eigenvalue weighted by molar-refractivity contribution is -0.154. The van der Waals surface area contributed by atoms with Crippen molar-refractivity contribution >= 4 is 20.2 Å². The second-order valence-electron chi connectivity index (χ2n) is 7.81. The maximum absolute atomic E-state index is 12.2. The van der Waals surface area contributed by atoms with E-state index in [1.54, 1.807) is 24.3 Å². The van der Waals surface area contributed by atoms with Crippen LogP contribution in [0.1, 0.15) is 38.1 Å². The highest BCUT2D eigenvalue weighted by Gasteiger charge is 2.49. The lowest BCUT2D eigenvalue weighted by atomic mass is 9.93. The zero-order valence-electron chi connectivity index (χ0n) is 15.3. The Hall–Kier alpha value is -1.66. The molecule has 5 nitrogen and oxygen atoms in total. The van der Waals surface area contributed by atoms with Crippen LogP contribution in [0.5, 0.6) is 0 Å². The van der Waals surface area contributed by atoms with E-state index >= 15 is 0 Å². The Kier molecular flexibility index (Phi) is 5.20. The Labute approximate surface area is 144 Å². The molecule has 1 aromatic carbocycles. The Morgan fingerprint density at radius 2 is 1.79 bits per heavy atom. The molecule has 0 radical (unpaired) electrons. The van der Waals surface area contributed by atoms with E-state index in [0.717, 1.165) is 0 Å². The highest BCUT2D eigenvalue weighted by atomic mass is 28.4. The molecule has 1 unspecified atom stereocenters. The first-order valence-corrected chi connectivity index (χ1v) is 11.2. The first-order chi connectivity index (χ1) is 11.0. The molecule has 2 rings (SSSR count). The molecule has 1 heterocycles. The van der Waals surface area contributed by atoms with Crippen LogP contribution in [0.3, 0.4) is 0 Å². The number of hydrogen-bond donors (Lipinski definition) is 1. The predicted molar refractivity (Wildman–Crippen MR) is 95.0 cm³/mol. The Bertz CT molecular complexity index is 609. The molecule has 1 aliphatic heterocycles. The molecule has 132 valence electrons. The van der Waals surface area contributed by atoms with E-state index in [9.17, 15) is 9.59 Å².